The van der Waals surface area contributed by atoms with E-state index in [2.05, 4.69) is 6.92 Å². The summed E-state index contributed by atoms with van der Waals surface area (Å²) in [6.07, 6.45) is 10.6. The summed E-state index contributed by atoms with van der Waals surface area (Å²) >= 11 is 0. The van der Waals surface area contributed by atoms with Gasteiger partial charge in [-0.15, -0.1) is 0 Å². The highest BCUT2D eigenvalue weighted by Gasteiger charge is 2.39. The maximum Gasteiger partial charge on any atom is 0.310 e. The van der Waals surface area contributed by atoms with Crippen LogP contribution in [-0.4, -0.2) is 22.2 Å². The molecule has 4 heteroatoms. The molecule has 0 aliphatic rings. The summed E-state index contributed by atoms with van der Waals surface area (Å²) in [5, 5.41) is 18.4. The van der Waals surface area contributed by atoms with Crippen molar-refractivity contribution in [2.24, 2.45) is 5.41 Å². The first-order chi connectivity index (χ1) is 9.98. The Labute approximate surface area is 128 Å². The Morgan fingerprint density at radius 3 is 1.71 bits per heavy atom. The highest BCUT2D eigenvalue weighted by atomic mass is 16.4. The minimum Gasteiger partial charge on any atom is -0.481 e. The van der Waals surface area contributed by atoms with E-state index in [0.717, 1.165) is 19.3 Å². The van der Waals surface area contributed by atoms with Gasteiger partial charge in [0.2, 0.25) is 0 Å². The maximum atomic E-state index is 11.5. The van der Waals surface area contributed by atoms with E-state index in [1.807, 2.05) is 6.92 Å². The molecule has 0 aromatic heterocycles. The lowest BCUT2D eigenvalue weighted by molar-refractivity contribution is -0.157. The Balaban J connectivity index is 4.12. The van der Waals surface area contributed by atoms with Gasteiger partial charge < -0.3 is 10.2 Å². The van der Waals surface area contributed by atoms with Crippen molar-refractivity contribution < 1.29 is 19.8 Å². The van der Waals surface area contributed by atoms with Gasteiger partial charge in [-0.1, -0.05) is 71.6 Å². The van der Waals surface area contributed by atoms with Crippen molar-refractivity contribution >= 4 is 11.9 Å². The van der Waals surface area contributed by atoms with Gasteiger partial charge in [0.25, 0.3) is 0 Å². The molecule has 0 aliphatic heterocycles. The summed E-state index contributed by atoms with van der Waals surface area (Å²) in [7, 11) is 0. The van der Waals surface area contributed by atoms with Crippen LogP contribution in [0, 0.1) is 5.41 Å². The lowest BCUT2D eigenvalue weighted by atomic mass is 9.76. The van der Waals surface area contributed by atoms with Crippen molar-refractivity contribution in [3.05, 3.63) is 0 Å². The zero-order chi connectivity index (χ0) is 16.1. The van der Waals surface area contributed by atoms with Gasteiger partial charge in [0, 0.05) is 0 Å². The quantitative estimate of drug-likeness (QED) is 0.449. The second-order valence-corrected chi connectivity index (χ2v) is 6.13. The van der Waals surface area contributed by atoms with E-state index in [-0.39, 0.29) is 6.42 Å². The third-order valence-corrected chi connectivity index (χ3v) is 4.18. The molecular formula is C17H32O4. The summed E-state index contributed by atoms with van der Waals surface area (Å²) in [4.78, 5) is 22.5. The predicted octanol–water partition coefficient (Wildman–Crippen LogP) is 4.86. The average molecular weight is 300 g/mol. The number of carboxylic acid groups (broad SMARTS) is 2. The van der Waals surface area contributed by atoms with Crippen LogP contribution in [-0.2, 0) is 9.59 Å². The van der Waals surface area contributed by atoms with Crippen molar-refractivity contribution in [3.8, 4) is 0 Å². The SMILES string of the molecule is CCCCCCCCCCC(CCC)(CC(=O)O)C(=O)O. The number of hydrogen-bond donors (Lipinski definition) is 2. The molecule has 0 spiro atoms. The second kappa shape index (κ2) is 11.6. The van der Waals surface area contributed by atoms with E-state index >= 15 is 0 Å². The molecule has 2 N–H and O–H groups in total. The molecule has 0 fully saturated rings. The molecule has 1 atom stereocenters. The Morgan fingerprint density at radius 2 is 1.29 bits per heavy atom. The standard InChI is InChI=1S/C17H32O4/c1-3-5-6-7-8-9-10-11-13-17(12-4-2,16(20)21)14-15(18)19/h3-14H2,1-2H3,(H,18,19)(H,20,21). The summed E-state index contributed by atoms with van der Waals surface area (Å²) in [6.45, 7) is 4.11. The molecule has 21 heavy (non-hydrogen) atoms. The van der Waals surface area contributed by atoms with E-state index in [9.17, 15) is 14.7 Å². The molecule has 0 bridgehead atoms. The summed E-state index contributed by atoms with van der Waals surface area (Å²) < 4.78 is 0. The fourth-order valence-corrected chi connectivity index (χ4v) is 2.96. The van der Waals surface area contributed by atoms with Crippen LogP contribution in [0.1, 0.15) is 90.9 Å². The van der Waals surface area contributed by atoms with Gasteiger partial charge in [0.15, 0.2) is 0 Å². The van der Waals surface area contributed by atoms with E-state index in [0.29, 0.717) is 19.3 Å². The van der Waals surface area contributed by atoms with Crippen molar-refractivity contribution in [1.82, 2.24) is 0 Å². The van der Waals surface area contributed by atoms with E-state index in [4.69, 9.17) is 5.11 Å². The molecule has 0 aliphatic carbocycles. The molecule has 4 nitrogen and oxygen atoms in total. The number of rotatable bonds is 14. The second-order valence-electron chi connectivity index (χ2n) is 6.13. The van der Waals surface area contributed by atoms with Gasteiger partial charge in [-0.05, 0) is 12.8 Å². The highest BCUT2D eigenvalue weighted by Crippen LogP contribution is 2.35. The van der Waals surface area contributed by atoms with Crippen LogP contribution in [0.25, 0.3) is 0 Å². The fourth-order valence-electron chi connectivity index (χ4n) is 2.96. The van der Waals surface area contributed by atoms with Gasteiger partial charge in [-0.25, -0.2) is 0 Å². The molecule has 0 saturated heterocycles. The molecule has 0 aromatic carbocycles. The van der Waals surface area contributed by atoms with Crippen molar-refractivity contribution in [1.29, 1.82) is 0 Å². The van der Waals surface area contributed by atoms with Crippen LogP contribution in [0.3, 0.4) is 0 Å². The zero-order valence-electron chi connectivity index (χ0n) is 13.7. The minimum atomic E-state index is -1.07. The monoisotopic (exact) mass is 300 g/mol. The van der Waals surface area contributed by atoms with Gasteiger partial charge >= 0.3 is 11.9 Å². The third kappa shape index (κ3) is 8.74. The Bertz CT molecular complexity index is 301. The van der Waals surface area contributed by atoms with Crippen LogP contribution in [0.5, 0.6) is 0 Å². The zero-order valence-corrected chi connectivity index (χ0v) is 13.7. The van der Waals surface area contributed by atoms with Gasteiger partial charge in [0.1, 0.15) is 0 Å². The molecule has 124 valence electrons. The van der Waals surface area contributed by atoms with Crippen LogP contribution in [0.15, 0.2) is 0 Å². The lowest BCUT2D eigenvalue weighted by Gasteiger charge is -2.27. The number of carbonyl (C=O) groups is 2. The van der Waals surface area contributed by atoms with E-state index in [1.54, 1.807) is 0 Å². The number of unbranched alkanes of at least 4 members (excludes halogenated alkanes) is 7. The Morgan fingerprint density at radius 1 is 0.762 bits per heavy atom. The first-order valence-electron chi connectivity index (χ1n) is 8.43. The topological polar surface area (TPSA) is 74.6 Å². The van der Waals surface area contributed by atoms with Crippen LogP contribution >= 0.6 is 0 Å². The molecule has 0 saturated carbocycles. The molecule has 0 rings (SSSR count). The molecule has 0 heterocycles. The first kappa shape index (κ1) is 19.9. The lowest BCUT2D eigenvalue weighted by Crippen LogP contribution is -2.33. The van der Waals surface area contributed by atoms with Crippen LogP contribution < -0.4 is 0 Å². The van der Waals surface area contributed by atoms with Gasteiger partial charge in [-0.3, -0.25) is 9.59 Å². The largest absolute Gasteiger partial charge is 0.481 e. The first-order valence-corrected chi connectivity index (χ1v) is 8.43. The highest BCUT2D eigenvalue weighted by molar-refractivity contribution is 5.81. The molecule has 0 radical (unpaired) electrons. The summed E-state index contributed by atoms with van der Waals surface area (Å²) in [6, 6.07) is 0. The van der Waals surface area contributed by atoms with Crippen LogP contribution in [0.2, 0.25) is 0 Å². The minimum absolute atomic E-state index is 0.257. The summed E-state index contributed by atoms with van der Waals surface area (Å²) in [5.74, 6) is -1.96. The number of hydrogen-bond acceptors (Lipinski definition) is 2. The number of carboxylic acids is 2. The summed E-state index contributed by atoms with van der Waals surface area (Å²) in [5.41, 5.74) is -1.07. The van der Waals surface area contributed by atoms with Crippen molar-refractivity contribution in [2.75, 3.05) is 0 Å². The normalized spacial score (nSPS) is 13.8. The third-order valence-electron chi connectivity index (χ3n) is 4.18. The molecular weight excluding hydrogens is 268 g/mol. The molecule has 0 aromatic rings. The average Bonchev–Trinajstić information content (AvgIpc) is 2.41. The van der Waals surface area contributed by atoms with Gasteiger partial charge in [0.05, 0.1) is 11.8 Å². The van der Waals surface area contributed by atoms with Crippen molar-refractivity contribution in [2.45, 2.75) is 90.9 Å². The molecule has 1 unspecified atom stereocenters. The fraction of sp³-hybridized carbons (Fsp3) is 0.882. The van der Waals surface area contributed by atoms with E-state index < -0.39 is 17.4 Å². The maximum absolute atomic E-state index is 11.5. The molecule has 0 amide bonds. The van der Waals surface area contributed by atoms with Gasteiger partial charge in [-0.2, -0.15) is 0 Å². The van der Waals surface area contributed by atoms with E-state index in [1.165, 1.54) is 32.1 Å². The number of aliphatic carboxylic acids is 2. The Hall–Kier alpha value is -1.06. The smallest absolute Gasteiger partial charge is 0.310 e. The predicted molar refractivity (Wildman–Crippen MR) is 84.5 cm³/mol. The van der Waals surface area contributed by atoms with Crippen LogP contribution in [0.4, 0.5) is 0 Å². The Kier molecular flexibility index (Phi) is 11.0. The van der Waals surface area contributed by atoms with Crippen molar-refractivity contribution in [3.63, 3.8) is 0 Å².